The van der Waals surface area contributed by atoms with Gasteiger partial charge in [-0.15, -0.1) is 0 Å². The van der Waals surface area contributed by atoms with Crippen LogP contribution >= 0.6 is 15.9 Å². The Hall–Kier alpha value is -1.36. The molecule has 2 heterocycles. The van der Waals surface area contributed by atoms with Gasteiger partial charge in [-0.1, -0.05) is 6.07 Å². The summed E-state index contributed by atoms with van der Waals surface area (Å²) in [4.78, 5) is 14.6. The number of hydrogen-bond acceptors (Lipinski definition) is 2. The number of pyridine rings is 1. The summed E-state index contributed by atoms with van der Waals surface area (Å²) in [6.07, 6.45) is 3.47. The molecule has 0 aliphatic carbocycles. The topological polar surface area (TPSA) is 54.6 Å². The van der Waals surface area contributed by atoms with Crippen molar-refractivity contribution in [2.75, 3.05) is 0 Å². The van der Waals surface area contributed by atoms with Gasteiger partial charge in [-0.3, -0.25) is 9.20 Å². The van der Waals surface area contributed by atoms with Gasteiger partial charge in [0.2, 0.25) is 0 Å². The van der Waals surface area contributed by atoms with Crippen LogP contribution in [0.3, 0.4) is 0 Å². The Morgan fingerprint density at radius 3 is 3.07 bits per heavy atom. The zero-order valence-corrected chi connectivity index (χ0v) is 8.73. The first-order valence-corrected chi connectivity index (χ1v) is 4.79. The molecule has 14 heavy (non-hydrogen) atoms. The number of rotatable bonds is 2. The summed E-state index contributed by atoms with van der Waals surface area (Å²) in [6, 6.07) is 3.56. The van der Waals surface area contributed by atoms with Crippen molar-refractivity contribution in [3.05, 3.63) is 34.7 Å². The largest absolute Gasteiger partial charge is 0.481 e. The Kier molecular flexibility index (Phi) is 2.25. The fraction of sp³-hybridized carbons (Fsp3) is 0.111. The Morgan fingerprint density at radius 2 is 2.36 bits per heavy atom. The molecule has 2 aromatic heterocycles. The lowest BCUT2D eigenvalue weighted by Crippen LogP contribution is -2.01. The van der Waals surface area contributed by atoms with Crippen LogP contribution in [0, 0.1) is 0 Å². The van der Waals surface area contributed by atoms with Gasteiger partial charge in [-0.05, 0) is 27.6 Å². The van der Waals surface area contributed by atoms with Gasteiger partial charge in [0, 0.05) is 6.20 Å². The number of aliphatic carboxylic acids is 1. The molecule has 0 saturated heterocycles. The van der Waals surface area contributed by atoms with E-state index >= 15 is 0 Å². The number of carbonyl (C=O) groups is 1. The summed E-state index contributed by atoms with van der Waals surface area (Å²) in [5.41, 5.74) is 1.55. The standard InChI is InChI=1S/C9H7BrN2O2/c10-7-4-11-8-2-1-6(3-9(13)14)5-12(7)8/h1-2,4-5H,3H2,(H,13,14). The van der Waals surface area contributed by atoms with E-state index in [-0.39, 0.29) is 6.42 Å². The van der Waals surface area contributed by atoms with Gasteiger partial charge >= 0.3 is 5.97 Å². The van der Waals surface area contributed by atoms with E-state index in [9.17, 15) is 4.79 Å². The molecular weight excluding hydrogens is 248 g/mol. The molecule has 72 valence electrons. The van der Waals surface area contributed by atoms with Crippen LogP contribution in [-0.2, 0) is 11.2 Å². The van der Waals surface area contributed by atoms with Crippen molar-refractivity contribution >= 4 is 27.5 Å². The van der Waals surface area contributed by atoms with E-state index in [1.165, 1.54) is 0 Å². The predicted octanol–water partition coefficient (Wildman–Crippen LogP) is 1.72. The monoisotopic (exact) mass is 254 g/mol. The average molecular weight is 255 g/mol. The summed E-state index contributed by atoms with van der Waals surface area (Å²) < 4.78 is 2.62. The van der Waals surface area contributed by atoms with E-state index in [0.717, 1.165) is 15.8 Å². The molecule has 2 rings (SSSR count). The minimum Gasteiger partial charge on any atom is -0.481 e. The van der Waals surface area contributed by atoms with Crippen LogP contribution in [-0.4, -0.2) is 20.5 Å². The van der Waals surface area contributed by atoms with Crippen molar-refractivity contribution in [2.45, 2.75) is 6.42 Å². The fourth-order valence-electron chi connectivity index (χ4n) is 1.27. The molecule has 0 unspecified atom stereocenters. The highest BCUT2D eigenvalue weighted by molar-refractivity contribution is 9.10. The van der Waals surface area contributed by atoms with Crippen molar-refractivity contribution in [2.24, 2.45) is 0 Å². The lowest BCUT2D eigenvalue weighted by molar-refractivity contribution is -0.136. The molecule has 0 spiro atoms. The van der Waals surface area contributed by atoms with Crippen molar-refractivity contribution in [1.29, 1.82) is 0 Å². The minimum atomic E-state index is -0.833. The van der Waals surface area contributed by atoms with E-state index in [0.29, 0.717) is 0 Å². The highest BCUT2D eigenvalue weighted by atomic mass is 79.9. The maximum Gasteiger partial charge on any atom is 0.307 e. The molecule has 0 atom stereocenters. The Balaban J connectivity index is 2.49. The lowest BCUT2D eigenvalue weighted by Gasteiger charge is -1.99. The van der Waals surface area contributed by atoms with Crippen LogP contribution in [0.4, 0.5) is 0 Å². The Bertz CT molecular complexity index is 493. The normalized spacial score (nSPS) is 10.6. The van der Waals surface area contributed by atoms with E-state index < -0.39 is 5.97 Å². The van der Waals surface area contributed by atoms with E-state index in [4.69, 9.17) is 5.11 Å². The molecule has 0 aliphatic heterocycles. The maximum absolute atomic E-state index is 10.5. The molecular formula is C9H7BrN2O2. The quantitative estimate of drug-likeness (QED) is 0.888. The maximum atomic E-state index is 10.5. The second kappa shape index (κ2) is 3.42. The van der Waals surface area contributed by atoms with E-state index in [1.807, 2.05) is 0 Å². The van der Waals surface area contributed by atoms with Crippen molar-refractivity contribution in [3.8, 4) is 0 Å². The zero-order valence-electron chi connectivity index (χ0n) is 7.14. The van der Waals surface area contributed by atoms with Crippen LogP contribution < -0.4 is 0 Å². The summed E-state index contributed by atoms with van der Waals surface area (Å²) in [5, 5.41) is 8.62. The van der Waals surface area contributed by atoms with Gasteiger partial charge in [-0.25, -0.2) is 4.98 Å². The van der Waals surface area contributed by atoms with Gasteiger partial charge < -0.3 is 5.11 Å². The molecule has 0 amide bonds. The van der Waals surface area contributed by atoms with Gasteiger partial charge in [-0.2, -0.15) is 0 Å². The SMILES string of the molecule is O=C(O)Cc1ccc2ncc(Br)n2c1. The summed E-state index contributed by atoms with van der Waals surface area (Å²) in [5.74, 6) is -0.833. The summed E-state index contributed by atoms with van der Waals surface area (Å²) >= 11 is 3.32. The second-order valence-electron chi connectivity index (χ2n) is 2.92. The van der Waals surface area contributed by atoms with Gasteiger partial charge in [0.15, 0.2) is 0 Å². The predicted molar refractivity (Wildman–Crippen MR) is 54.2 cm³/mol. The summed E-state index contributed by atoms with van der Waals surface area (Å²) in [7, 11) is 0. The molecule has 0 saturated carbocycles. The molecule has 5 heteroatoms. The molecule has 2 aromatic rings. The van der Waals surface area contributed by atoms with Crippen LogP contribution in [0.5, 0.6) is 0 Å². The number of aromatic nitrogens is 2. The molecule has 4 nitrogen and oxygen atoms in total. The van der Waals surface area contributed by atoms with Crippen LogP contribution in [0.25, 0.3) is 5.65 Å². The molecule has 1 N–H and O–H groups in total. The molecule has 0 aliphatic rings. The van der Waals surface area contributed by atoms with Crippen LogP contribution in [0.1, 0.15) is 5.56 Å². The van der Waals surface area contributed by atoms with Crippen LogP contribution in [0.15, 0.2) is 29.1 Å². The highest BCUT2D eigenvalue weighted by Crippen LogP contribution is 2.14. The van der Waals surface area contributed by atoms with Crippen LogP contribution in [0.2, 0.25) is 0 Å². The third-order valence-electron chi connectivity index (χ3n) is 1.88. The zero-order chi connectivity index (χ0) is 10.1. The smallest absolute Gasteiger partial charge is 0.307 e. The van der Waals surface area contributed by atoms with Crippen molar-refractivity contribution in [3.63, 3.8) is 0 Å². The third-order valence-corrected chi connectivity index (χ3v) is 2.46. The Labute approximate surface area is 88.3 Å². The van der Waals surface area contributed by atoms with E-state index in [1.54, 1.807) is 28.9 Å². The molecule has 0 fully saturated rings. The first-order valence-electron chi connectivity index (χ1n) is 4.00. The first kappa shape index (κ1) is 9.21. The second-order valence-corrected chi connectivity index (χ2v) is 3.73. The lowest BCUT2D eigenvalue weighted by atomic mass is 10.2. The highest BCUT2D eigenvalue weighted by Gasteiger charge is 2.04. The number of nitrogens with zero attached hydrogens (tertiary/aromatic N) is 2. The number of hydrogen-bond donors (Lipinski definition) is 1. The molecule has 0 radical (unpaired) electrons. The number of carboxylic acids is 1. The van der Waals surface area contributed by atoms with Crippen molar-refractivity contribution < 1.29 is 9.90 Å². The number of carboxylic acid groups (broad SMARTS) is 1. The van der Waals surface area contributed by atoms with E-state index in [2.05, 4.69) is 20.9 Å². The average Bonchev–Trinajstić information content (AvgIpc) is 2.47. The number of halogens is 1. The van der Waals surface area contributed by atoms with Gasteiger partial charge in [0.25, 0.3) is 0 Å². The van der Waals surface area contributed by atoms with Crippen molar-refractivity contribution in [1.82, 2.24) is 9.38 Å². The number of fused-ring (bicyclic) bond motifs is 1. The molecule has 0 aromatic carbocycles. The van der Waals surface area contributed by atoms with Gasteiger partial charge in [0.05, 0.1) is 12.6 Å². The summed E-state index contributed by atoms with van der Waals surface area (Å²) in [6.45, 7) is 0. The Morgan fingerprint density at radius 1 is 1.57 bits per heavy atom. The molecule has 0 bridgehead atoms. The third kappa shape index (κ3) is 1.63. The van der Waals surface area contributed by atoms with Gasteiger partial charge in [0.1, 0.15) is 10.3 Å². The minimum absolute atomic E-state index is 0.0283. The first-order chi connectivity index (χ1) is 6.66. The fourth-order valence-corrected chi connectivity index (χ4v) is 1.66. The number of imidazole rings is 1.